The van der Waals surface area contributed by atoms with E-state index < -0.39 is 0 Å². The van der Waals surface area contributed by atoms with Crippen LogP contribution in [-0.4, -0.2) is 28.8 Å². The third-order valence-corrected chi connectivity index (χ3v) is 2.30. The Morgan fingerprint density at radius 1 is 1.60 bits per heavy atom. The van der Waals surface area contributed by atoms with Crippen molar-refractivity contribution in [1.82, 2.24) is 9.55 Å². The number of ether oxygens (including phenoxy) is 1. The summed E-state index contributed by atoms with van der Waals surface area (Å²) in [6, 6.07) is 0. The van der Waals surface area contributed by atoms with Crippen LogP contribution in [0.15, 0.2) is 12.4 Å². The van der Waals surface area contributed by atoms with E-state index in [2.05, 4.69) is 16.5 Å². The summed E-state index contributed by atoms with van der Waals surface area (Å²) in [5, 5.41) is 0. The Hall–Kier alpha value is -0.870. The molecule has 1 unspecified atom stereocenters. The van der Waals surface area contributed by atoms with Crippen molar-refractivity contribution in [2.24, 2.45) is 5.73 Å². The third kappa shape index (κ3) is 3.64. The zero-order chi connectivity index (χ0) is 11.3. The smallest absolute Gasteiger partial charge is 0.110 e. The molecule has 0 aliphatic heterocycles. The Bertz CT molecular complexity index is 294. The van der Waals surface area contributed by atoms with E-state index >= 15 is 0 Å². The summed E-state index contributed by atoms with van der Waals surface area (Å²) in [5.41, 5.74) is 5.76. The number of nitrogens with two attached hydrogens (primary N) is 1. The summed E-state index contributed by atoms with van der Waals surface area (Å²) in [5.74, 6) is 1.04. The summed E-state index contributed by atoms with van der Waals surface area (Å²) >= 11 is 0. The van der Waals surface area contributed by atoms with Gasteiger partial charge in [0, 0.05) is 38.0 Å². The zero-order valence-electron chi connectivity index (χ0n) is 9.86. The molecule has 0 aliphatic rings. The van der Waals surface area contributed by atoms with E-state index in [-0.39, 0.29) is 5.54 Å². The van der Waals surface area contributed by atoms with Crippen LogP contribution >= 0.6 is 0 Å². The van der Waals surface area contributed by atoms with Gasteiger partial charge < -0.3 is 15.0 Å². The van der Waals surface area contributed by atoms with Gasteiger partial charge in [0.25, 0.3) is 0 Å². The molecule has 15 heavy (non-hydrogen) atoms. The van der Waals surface area contributed by atoms with Crippen LogP contribution in [0.5, 0.6) is 0 Å². The van der Waals surface area contributed by atoms with E-state index in [4.69, 9.17) is 10.5 Å². The lowest BCUT2D eigenvalue weighted by Crippen LogP contribution is -2.43. The molecule has 86 valence electrons. The second kappa shape index (κ2) is 5.28. The average Bonchev–Trinajstić information content (AvgIpc) is 2.52. The highest BCUT2D eigenvalue weighted by atomic mass is 16.5. The minimum Gasteiger partial charge on any atom is -0.383 e. The molecule has 0 radical (unpaired) electrons. The molecule has 4 nitrogen and oxygen atoms in total. The molecule has 0 aromatic carbocycles. The number of hydrogen-bond acceptors (Lipinski definition) is 3. The molecule has 1 heterocycles. The number of rotatable bonds is 6. The van der Waals surface area contributed by atoms with E-state index in [0.29, 0.717) is 6.61 Å². The van der Waals surface area contributed by atoms with E-state index in [1.54, 1.807) is 7.11 Å². The Balaban J connectivity index is 2.66. The number of nitrogens with zero attached hydrogens (tertiary/aromatic N) is 2. The van der Waals surface area contributed by atoms with Crippen LogP contribution in [0.25, 0.3) is 0 Å². The zero-order valence-corrected chi connectivity index (χ0v) is 9.86. The maximum absolute atomic E-state index is 6.11. The quantitative estimate of drug-likeness (QED) is 0.769. The number of hydrogen-bond donors (Lipinski definition) is 1. The Morgan fingerprint density at radius 3 is 2.93 bits per heavy atom. The highest BCUT2D eigenvalue weighted by Crippen LogP contribution is 2.10. The molecule has 1 atom stereocenters. The van der Waals surface area contributed by atoms with E-state index in [9.17, 15) is 0 Å². The molecule has 0 spiro atoms. The van der Waals surface area contributed by atoms with Gasteiger partial charge in [0.1, 0.15) is 5.82 Å². The molecule has 1 aromatic heterocycles. The first-order valence-electron chi connectivity index (χ1n) is 5.37. The number of methoxy groups -OCH3 is 1. The monoisotopic (exact) mass is 211 g/mol. The Labute approximate surface area is 91.4 Å². The number of aromatic nitrogens is 2. The van der Waals surface area contributed by atoms with Crippen LogP contribution in [0.3, 0.4) is 0 Å². The van der Waals surface area contributed by atoms with Gasteiger partial charge in [0.2, 0.25) is 0 Å². The topological polar surface area (TPSA) is 53.1 Å². The minimum atomic E-state index is -0.342. The van der Waals surface area contributed by atoms with Gasteiger partial charge in [-0.2, -0.15) is 0 Å². The van der Waals surface area contributed by atoms with E-state index in [1.807, 2.05) is 19.3 Å². The van der Waals surface area contributed by atoms with Gasteiger partial charge in [-0.05, 0) is 13.3 Å². The van der Waals surface area contributed by atoms with Gasteiger partial charge in [-0.1, -0.05) is 6.92 Å². The lowest BCUT2D eigenvalue weighted by Gasteiger charge is -2.23. The summed E-state index contributed by atoms with van der Waals surface area (Å²) in [7, 11) is 1.67. The first-order valence-corrected chi connectivity index (χ1v) is 5.37. The molecular formula is C11H21N3O. The largest absolute Gasteiger partial charge is 0.383 e. The number of imidazole rings is 1. The normalized spacial score (nSPS) is 15.2. The molecule has 1 aromatic rings. The third-order valence-electron chi connectivity index (χ3n) is 2.30. The van der Waals surface area contributed by atoms with Crippen molar-refractivity contribution in [1.29, 1.82) is 0 Å². The van der Waals surface area contributed by atoms with Crippen molar-refractivity contribution in [3.63, 3.8) is 0 Å². The van der Waals surface area contributed by atoms with Crippen molar-refractivity contribution in [2.45, 2.75) is 38.8 Å². The van der Waals surface area contributed by atoms with Crippen molar-refractivity contribution in [3.05, 3.63) is 18.2 Å². The lowest BCUT2D eigenvalue weighted by molar-refractivity contribution is 0.139. The van der Waals surface area contributed by atoms with Crippen LogP contribution in [-0.2, 0) is 17.7 Å². The second-order valence-corrected chi connectivity index (χ2v) is 4.30. The standard InChI is InChI=1S/C11H21N3O/c1-4-6-14-7-5-13-10(14)8-11(2,12)9-15-3/h5,7H,4,6,8-9,12H2,1-3H3. The van der Waals surface area contributed by atoms with Crippen molar-refractivity contribution in [2.75, 3.05) is 13.7 Å². The van der Waals surface area contributed by atoms with E-state index in [1.165, 1.54) is 0 Å². The summed E-state index contributed by atoms with van der Waals surface area (Å²) in [4.78, 5) is 4.33. The predicted octanol–water partition coefficient (Wildman–Crippen LogP) is 1.20. The molecule has 0 bridgehead atoms. The molecule has 4 heteroatoms. The lowest BCUT2D eigenvalue weighted by atomic mass is 10.0. The maximum Gasteiger partial charge on any atom is 0.110 e. The van der Waals surface area contributed by atoms with Gasteiger partial charge in [-0.15, -0.1) is 0 Å². The van der Waals surface area contributed by atoms with Crippen molar-refractivity contribution >= 4 is 0 Å². The fourth-order valence-electron chi connectivity index (χ4n) is 1.69. The Morgan fingerprint density at radius 2 is 2.33 bits per heavy atom. The first-order chi connectivity index (χ1) is 7.09. The maximum atomic E-state index is 6.11. The van der Waals surface area contributed by atoms with Crippen LogP contribution in [0.2, 0.25) is 0 Å². The summed E-state index contributed by atoms with van der Waals surface area (Å²) < 4.78 is 7.25. The fourth-order valence-corrected chi connectivity index (χ4v) is 1.69. The molecule has 0 saturated carbocycles. The SMILES string of the molecule is CCCn1ccnc1CC(C)(N)COC. The van der Waals surface area contributed by atoms with Crippen molar-refractivity contribution < 1.29 is 4.74 Å². The highest BCUT2D eigenvalue weighted by molar-refractivity contribution is 4.99. The molecule has 0 saturated heterocycles. The van der Waals surface area contributed by atoms with Gasteiger partial charge >= 0.3 is 0 Å². The Kier molecular flexibility index (Phi) is 4.29. The molecule has 0 fully saturated rings. The van der Waals surface area contributed by atoms with Gasteiger partial charge in [0.15, 0.2) is 0 Å². The molecule has 2 N–H and O–H groups in total. The predicted molar refractivity (Wildman–Crippen MR) is 60.7 cm³/mol. The van der Waals surface area contributed by atoms with Crippen LogP contribution in [0.1, 0.15) is 26.1 Å². The summed E-state index contributed by atoms with van der Waals surface area (Å²) in [6.07, 6.45) is 5.68. The average molecular weight is 211 g/mol. The van der Waals surface area contributed by atoms with Gasteiger partial charge in [-0.25, -0.2) is 4.98 Å². The second-order valence-electron chi connectivity index (χ2n) is 4.30. The first kappa shape index (κ1) is 12.2. The summed E-state index contributed by atoms with van der Waals surface area (Å²) in [6.45, 7) is 5.69. The van der Waals surface area contributed by atoms with Crippen molar-refractivity contribution in [3.8, 4) is 0 Å². The minimum absolute atomic E-state index is 0.342. The molecular weight excluding hydrogens is 190 g/mol. The van der Waals surface area contributed by atoms with Gasteiger partial charge in [-0.3, -0.25) is 0 Å². The highest BCUT2D eigenvalue weighted by Gasteiger charge is 2.21. The fraction of sp³-hybridized carbons (Fsp3) is 0.727. The molecule has 0 aliphatic carbocycles. The molecule has 0 amide bonds. The number of aryl methyl sites for hydroxylation is 1. The molecule has 1 rings (SSSR count). The van der Waals surface area contributed by atoms with E-state index in [0.717, 1.165) is 25.2 Å². The van der Waals surface area contributed by atoms with Crippen LogP contribution in [0.4, 0.5) is 0 Å². The van der Waals surface area contributed by atoms with Crippen LogP contribution in [0, 0.1) is 0 Å². The van der Waals surface area contributed by atoms with Gasteiger partial charge in [0.05, 0.1) is 6.61 Å². The van der Waals surface area contributed by atoms with Crippen LogP contribution < -0.4 is 5.73 Å².